The van der Waals surface area contributed by atoms with Gasteiger partial charge in [-0.25, -0.2) is 0 Å². The zero-order valence-corrected chi connectivity index (χ0v) is 16.7. The van der Waals surface area contributed by atoms with Crippen LogP contribution in [0.1, 0.15) is 39.5 Å². The van der Waals surface area contributed by atoms with Crippen LogP contribution in [0.25, 0.3) is 0 Å². The summed E-state index contributed by atoms with van der Waals surface area (Å²) in [6, 6.07) is 0. The van der Waals surface area contributed by atoms with Gasteiger partial charge in [-0.2, -0.15) is 0 Å². The summed E-state index contributed by atoms with van der Waals surface area (Å²) in [7, 11) is 5.28. The first-order chi connectivity index (χ1) is 12.4. The number of methoxy groups -OCH3 is 2. The molecular weight excluding hydrogens is 334 g/mol. The molecule has 0 amide bonds. The monoisotopic (exact) mass is 367 g/mol. The highest BCUT2D eigenvalue weighted by Gasteiger charge is 2.78. The molecule has 6 nitrogen and oxygen atoms in total. The van der Waals surface area contributed by atoms with Gasteiger partial charge in [0.05, 0.1) is 12.0 Å². The van der Waals surface area contributed by atoms with Gasteiger partial charge in [0.15, 0.2) is 6.29 Å². The molecule has 2 aliphatic carbocycles. The number of rotatable bonds is 6. The Morgan fingerprint density at radius 1 is 1.35 bits per heavy atom. The Morgan fingerprint density at radius 3 is 2.77 bits per heavy atom. The van der Waals surface area contributed by atoms with Crippen molar-refractivity contribution < 1.29 is 23.7 Å². The van der Waals surface area contributed by atoms with E-state index in [0.29, 0.717) is 19.0 Å². The quantitative estimate of drug-likeness (QED) is 0.407. The van der Waals surface area contributed by atoms with E-state index in [4.69, 9.17) is 18.9 Å². The number of esters is 1. The SMILES string of the molecule is COC(CN(C)C[C@@H]1C(=O)O[C@@H]2C[C@@]3(C)CCC[C@@H](C)[C@@]34O[C@H]4[C@H]12)OC. The summed E-state index contributed by atoms with van der Waals surface area (Å²) >= 11 is 0. The topological polar surface area (TPSA) is 60.5 Å². The van der Waals surface area contributed by atoms with Gasteiger partial charge in [-0.1, -0.05) is 20.3 Å². The third-order valence-electron chi connectivity index (χ3n) is 7.69. The molecule has 2 saturated heterocycles. The van der Waals surface area contributed by atoms with E-state index < -0.39 is 0 Å². The van der Waals surface area contributed by atoms with Crippen LogP contribution in [-0.2, 0) is 23.7 Å². The number of carbonyl (C=O) groups is 1. The molecule has 0 aromatic carbocycles. The van der Waals surface area contributed by atoms with Crippen molar-refractivity contribution in [1.29, 1.82) is 0 Å². The average Bonchev–Trinajstić information content (AvgIpc) is 3.28. The van der Waals surface area contributed by atoms with Gasteiger partial charge >= 0.3 is 5.97 Å². The number of hydrogen-bond acceptors (Lipinski definition) is 6. The summed E-state index contributed by atoms with van der Waals surface area (Å²) < 4.78 is 22.9. The maximum Gasteiger partial charge on any atom is 0.311 e. The van der Waals surface area contributed by atoms with Crippen LogP contribution >= 0.6 is 0 Å². The van der Waals surface area contributed by atoms with E-state index in [1.807, 2.05) is 7.05 Å². The largest absolute Gasteiger partial charge is 0.462 e. The second-order valence-corrected chi connectivity index (χ2v) is 9.17. The number of nitrogens with zero attached hydrogens (tertiary/aromatic N) is 1. The van der Waals surface area contributed by atoms with Crippen molar-refractivity contribution in [3.05, 3.63) is 0 Å². The summed E-state index contributed by atoms with van der Waals surface area (Å²) in [6.45, 7) is 5.97. The summed E-state index contributed by atoms with van der Waals surface area (Å²) in [5.41, 5.74) is 0.119. The van der Waals surface area contributed by atoms with E-state index in [-0.39, 0.29) is 47.3 Å². The molecule has 2 heterocycles. The molecule has 2 aliphatic heterocycles. The second kappa shape index (κ2) is 6.43. The minimum Gasteiger partial charge on any atom is -0.462 e. The minimum atomic E-state index is -0.287. The number of hydrogen-bond donors (Lipinski definition) is 0. The van der Waals surface area contributed by atoms with Gasteiger partial charge in [-0.05, 0) is 32.2 Å². The van der Waals surface area contributed by atoms with E-state index in [1.54, 1.807) is 14.2 Å². The fourth-order valence-electron chi connectivity index (χ4n) is 6.35. The Hall–Kier alpha value is -0.690. The van der Waals surface area contributed by atoms with Crippen molar-refractivity contribution in [2.75, 3.05) is 34.4 Å². The summed E-state index contributed by atoms with van der Waals surface area (Å²) in [4.78, 5) is 14.8. The van der Waals surface area contributed by atoms with Crippen LogP contribution in [0.5, 0.6) is 0 Å². The highest BCUT2D eigenvalue weighted by molar-refractivity contribution is 5.76. The minimum absolute atomic E-state index is 0.0115. The van der Waals surface area contributed by atoms with Gasteiger partial charge in [-0.3, -0.25) is 4.79 Å². The molecule has 4 rings (SSSR count). The molecule has 6 heteroatoms. The standard InChI is InChI=1S/C20H33NO5/c1-12-7-6-8-19(2)9-14-16(17-20(12,19)26-17)13(18(22)25-14)10-21(3)11-15(23-4)24-5/h12-17H,6-11H2,1-5H3/t12-,13+,14-,16-,17+,19-,20+/m1/s1. The zero-order valence-electron chi connectivity index (χ0n) is 16.7. The van der Waals surface area contributed by atoms with Gasteiger partial charge in [-0.15, -0.1) is 0 Å². The van der Waals surface area contributed by atoms with Crippen LogP contribution in [0.3, 0.4) is 0 Å². The lowest BCUT2D eigenvalue weighted by molar-refractivity contribution is -0.147. The fraction of sp³-hybridized carbons (Fsp3) is 0.950. The Balaban J connectivity index is 1.51. The van der Waals surface area contributed by atoms with Crippen molar-refractivity contribution in [2.45, 2.75) is 63.6 Å². The Bertz CT molecular complexity index is 566. The molecule has 4 aliphatic rings. The molecule has 148 valence electrons. The van der Waals surface area contributed by atoms with Gasteiger partial charge in [0.25, 0.3) is 0 Å². The fourth-order valence-corrected chi connectivity index (χ4v) is 6.35. The molecule has 0 bridgehead atoms. The maximum absolute atomic E-state index is 12.7. The third kappa shape index (κ3) is 2.56. The number of likely N-dealkylation sites (N-methyl/N-ethyl adjacent to an activating group) is 1. The Morgan fingerprint density at radius 2 is 2.08 bits per heavy atom. The molecule has 0 aromatic heterocycles. The normalized spacial score (nSPS) is 46.7. The predicted octanol–water partition coefficient (Wildman–Crippen LogP) is 2.06. The molecule has 26 heavy (non-hydrogen) atoms. The predicted molar refractivity (Wildman–Crippen MR) is 95.5 cm³/mol. The lowest BCUT2D eigenvalue weighted by Gasteiger charge is -2.49. The summed E-state index contributed by atoms with van der Waals surface area (Å²) in [6.07, 6.45) is 4.51. The molecule has 1 spiro atoms. The Labute approximate surface area is 156 Å². The number of ether oxygens (including phenoxy) is 4. The van der Waals surface area contributed by atoms with E-state index in [0.717, 1.165) is 6.42 Å². The molecule has 0 radical (unpaired) electrons. The first-order valence-corrected chi connectivity index (χ1v) is 9.98. The van der Waals surface area contributed by atoms with E-state index >= 15 is 0 Å². The zero-order chi connectivity index (χ0) is 18.7. The van der Waals surface area contributed by atoms with Crippen LogP contribution in [0, 0.1) is 23.2 Å². The van der Waals surface area contributed by atoms with Crippen LogP contribution in [0.2, 0.25) is 0 Å². The molecule has 7 atom stereocenters. The van der Waals surface area contributed by atoms with Crippen molar-refractivity contribution in [3.8, 4) is 0 Å². The third-order valence-corrected chi connectivity index (χ3v) is 7.69. The second-order valence-electron chi connectivity index (χ2n) is 9.17. The molecular formula is C20H33NO5. The molecule has 0 N–H and O–H groups in total. The molecule has 0 aromatic rings. The van der Waals surface area contributed by atoms with Crippen LogP contribution in [-0.4, -0.2) is 69.3 Å². The average molecular weight is 367 g/mol. The smallest absolute Gasteiger partial charge is 0.311 e. The van der Waals surface area contributed by atoms with Crippen molar-refractivity contribution in [1.82, 2.24) is 4.90 Å². The van der Waals surface area contributed by atoms with Crippen LogP contribution in [0.4, 0.5) is 0 Å². The van der Waals surface area contributed by atoms with Crippen LogP contribution < -0.4 is 0 Å². The summed E-state index contributed by atoms with van der Waals surface area (Å²) in [5.74, 6) is 0.566. The maximum atomic E-state index is 12.7. The number of fused-ring (bicyclic) bond motifs is 2. The van der Waals surface area contributed by atoms with Gasteiger partial charge in [0, 0.05) is 38.6 Å². The summed E-state index contributed by atoms with van der Waals surface area (Å²) in [5, 5.41) is 0. The van der Waals surface area contributed by atoms with E-state index in [1.165, 1.54) is 19.3 Å². The van der Waals surface area contributed by atoms with Crippen LogP contribution in [0.15, 0.2) is 0 Å². The van der Waals surface area contributed by atoms with E-state index in [9.17, 15) is 4.79 Å². The van der Waals surface area contributed by atoms with Gasteiger partial charge in [0.2, 0.25) is 0 Å². The molecule has 0 unspecified atom stereocenters. The van der Waals surface area contributed by atoms with E-state index in [2.05, 4.69) is 18.7 Å². The molecule has 2 saturated carbocycles. The first kappa shape index (κ1) is 18.7. The highest BCUT2D eigenvalue weighted by atomic mass is 16.7. The lowest BCUT2D eigenvalue weighted by Crippen LogP contribution is -2.54. The number of carbonyl (C=O) groups excluding carboxylic acids is 1. The van der Waals surface area contributed by atoms with Crippen molar-refractivity contribution in [3.63, 3.8) is 0 Å². The Kier molecular flexibility index (Phi) is 4.62. The van der Waals surface area contributed by atoms with Crippen molar-refractivity contribution >= 4 is 5.97 Å². The highest BCUT2D eigenvalue weighted by Crippen LogP contribution is 2.70. The number of epoxide rings is 1. The lowest BCUT2D eigenvalue weighted by atomic mass is 9.53. The van der Waals surface area contributed by atoms with Crippen molar-refractivity contribution in [2.24, 2.45) is 23.2 Å². The molecule has 4 fully saturated rings. The van der Waals surface area contributed by atoms with Gasteiger partial charge < -0.3 is 23.8 Å². The van der Waals surface area contributed by atoms with Gasteiger partial charge in [0.1, 0.15) is 11.7 Å². The first-order valence-electron chi connectivity index (χ1n) is 9.98.